The molecule has 7 aromatic heterocycles. The van der Waals surface area contributed by atoms with Gasteiger partial charge in [0.1, 0.15) is 81.6 Å². The van der Waals surface area contributed by atoms with Gasteiger partial charge in [0.2, 0.25) is 29.5 Å². The van der Waals surface area contributed by atoms with Gasteiger partial charge in [0.15, 0.2) is 28.8 Å². The fourth-order valence-electron chi connectivity index (χ4n) is 14.5. The van der Waals surface area contributed by atoms with Crippen molar-refractivity contribution in [3.8, 4) is 111 Å². The maximum atomic E-state index is 13.7. The van der Waals surface area contributed by atoms with Gasteiger partial charge in [0, 0.05) is 71.9 Å². The van der Waals surface area contributed by atoms with Crippen LogP contribution in [0.2, 0.25) is 0 Å². The number of nitrogens with one attached hydrogen (secondary N) is 1. The first-order valence-corrected chi connectivity index (χ1v) is 45.3. The zero-order valence-corrected chi connectivity index (χ0v) is 75.9. The Hall–Kier alpha value is -15.9. The Labute approximate surface area is 781 Å². The predicted octanol–water partition coefficient (Wildman–Crippen LogP) is 29.0. The number of aromatic amines is 1. The second kappa shape index (κ2) is 40.2. The summed E-state index contributed by atoms with van der Waals surface area (Å²) < 4.78 is 99.6. The summed E-state index contributed by atoms with van der Waals surface area (Å²) in [5.41, 5.74) is 10.6. The number of nitrogens with zero attached hydrogens (tertiary/aromatic N) is 7. The number of aryl methyl sites for hydroxylation is 7. The van der Waals surface area contributed by atoms with Crippen LogP contribution in [0.25, 0.3) is 125 Å². The van der Waals surface area contributed by atoms with Gasteiger partial charge in [-0.05, 0) is 302 Å². The van der Waals surface area contributed by atoms with Crippen LogP contribution in [-0.4, -0.2) is 74.4 Å². The van der Waals surface area contributed by atoms with E-state index in [-0.39, 0.29) is 58.8 Å². The molecule has 0 saturated carbocycles. The van der Waals surface area contributed by atoms with Gasteiger partial charge in [0.25, 0.3) is 0 Å². The first kappa shape index (κ1) is 90.1. The number of H-pyrrole nitrogens is 1. The molecular formula is C106H80F4N8O12S4. The molecule has 5 N–H and O–H groups in total. The van der Waals surface area contributed by atoms with Crippen LogP contribution in [0.5, 0.6) is 69.0 Å². The number of carbonyl (C=O) groups excluding carboxylic acids is 1. The molecule has 20 nitrogen and oxygen atoms in total. The van der Waals surface area contributed by atoms with Gasteiger partial charge in [-0.3, -0.25) is 5.10 Å². The highest BCUT2D eigenvalue weighted by atomic mass is 32.1. The highest BCUT2D eigenvalue weighted by molar-refractivity contribution is 7.24. The number of thiophene rings is 4. The SMILES string of the molecule is CCCc1nnc(/C=C/c2ccc(Oc3c(-c4ccc(F)cc4C)sc4cc(O)ccc34)cc2)o1.Cc1cc(F)ccc1-c1sc2cc(O)ccc2c1Oc1ccc(/C=C/C2=NCC(=O)O2)cc1.Cc1nc(/C=C/c2ccc(Oc3c(-c4ccc(F)cc4C)sc4cc(O)ccc34)cc2)n[nH]1.Cc1nnc(/C=C/c2ccc(Oc3c(-c4ccc(F)cc4C)sc4cc(O)ccc34)cc2)o1. The molecule has 134 heavy (non-hydrogen) atoms. The number of carbonyl (C=O) groups is 1. The summed E-state index contributed by atoms with van der Waals surface area (Å²) in [6.07, 6.45) is 16.3. The summed E-state index contributed by atoms with van der Waals surface area (Å²) in [5.74, 6) is 8.33. The number of hydrogen-bond donors (Lipinski definition) is 5. The predicted molar refractivity (Wildman–Crippen MR) is 523 cm³/mol. The molecule has 19 aromatic rings. The molecule has 8 heterocycles. The van der Waals surface area contributed by atoms with Crippen LogP contribution in [-0.2, 0) is 16.0 Å². The van der Waals surface area contributed by atoms with E-state index in [1.807, 2.05) is 180 Å². The van der Waals surface area contributed by atoms with Crippen molar-refractivity contribution in [1.29, 1.82) is 0 Å². The van der Waals surface area contributed by atoms with E-state index >= 15 is 0 Å². The Bertz CT molecular complexity index is 7520. The van der Waals surface area contributed by atoms with Crippen molar-refractivity contribution in [3.63, 3.8) is 0 Å². The minimum atomic E-state index is -0.359. The summed E-state index contributed by atoms with van der Waals surface area (Å²) in [5, 5.41) is 66.0. The number of aliphatic imine (C=N–C) groups is 1. The zero-order valence-electron chi connectivity index (χ0n) is 72.7. The van der Waals surface area contributed by atoms with Crippen molar-refractivity contribution in [2.75, 3.05) is 6.54 Å². The molecular weight excluding hydrogens is 1780 g/mol. The largest absolute Gasteiger partial charge is 0.508 e. The van der Waals surface area contributed by atoms with Crippen LogP contribution in [0.1, 0.15) is 93.1 Å². The van der Waals surface area contributed by atoms with Crippen molar-refractivity contribution in [2.24, 2.45) is 4.99 Å². The van der Waals surface area contributed by atoms with Crippen molar-refractivity contribution in [1.82, 2.24) is 35.6 Å². The zero-order chi connectivity index (χ0) is 93.2. The van der Waals surface area contributed by atoms with Gasteiger partial charge in [-0.25, -0.2) is 32.3 Å². The number of cyclic esters (lactones) is 1. The standard InChI is InChI=1S/C28H23FN2O3S.C26H20FN3O2S.C26H19FN2O3S.C26H18FNO4S/c1-3-4-25-30-31-26(34-25)14-7-18-5-10-21(11-6-18)33-27-23-13-9-20(32)16-24(23)35-28(27)22-12-8-19(29)15-17(22)2;1-15-13-18(27)6-10-21(15)26-25(22-11-7-19(31)14-23(22)33-26)32-20-8-3-17(4-9-20)5-12-24-28-16(2)29-30-24;1-15-13-18(27)6-10-21(15)26-25(22-11-7-19(30)14-23(22)33-26)32-20-8-3-17(4-9-20)5-12-24-29-28-16(2)31-24;1-15-12-17(27)5-9-20(15)26-25(21-10-6-18(29)13-22(21)33-26)31-19-7-2-16(3-8-19)4-11-23-28-14-24(30)32-23/h5-16,32H,3-4H2,1-2H3;3-14,31H,1-2H3,(H,28,29,30);3-14,30H,1-2H3;2-13,29H,14H2,1H3/b14-7+;2*12-5+;11-4+. The molecule has 0 radical (unpaired) electrons. The van der Waals surface area contributed by atoms with E-state index in [0.717, 1.165) is 145 Å². The van der Waals surface area contributed by atoms with Gasteiger partial charge in [-0.1, -0.05) is 85.8 Å². The van der Waals surface area contributed by atoms with E-state index in [1.54, 1.807) is 104 Å². The maximum Gasteiger partial charge on any atom is 0.334 e. The van der Waals surface area contributed by atoms with Crippen molar-refractivity contribution >= 4 is 140 Å². The number of phenols is 4. The Kier molecular flexibility index (Phi) is 27.0. The average molecular weight is 1860 g/mol. The molecule has 668 valence electrons. The molecule has 0 atom stereocenters. The summed E-state index contributed by atoms with van der Waals surface area (Å²) in [6.45, 7) is 13.2. The van der Waals surface area contributed by atoms with Gasteiger partial charge < -0.3 is 52.9 Å². The quantitative estimate of drug-likeness (QED) is 0.0311. The average Bonchev–Trinajstić information content (AvgIpc) is 1.64. The second-order valence-electron chi connectivity index (χ2n) is 31.0. The Morgan fingerprint density at radius 3 is 1.01 bits per heavy atom. The van der Waals surface area contributed by atoms with E-state index in [0.29, 0.717) is 81.3 Å². The third-order valence-corrected chi connectivity index (χ3v) is 25.7. The monoisotopic (exact) mass is 1860 g/mol. The number of halogens is 4. The van der Waals surface area contributed by atoms with E-state index in [9.17, 15) is 42.8 Å². The van der Waals surface area contributed by atoms with E-state index in [1.165, 1.54) is 93.9 Å². The molecule has 0 aliphatic carbocycles. The number of aromatic hydroxyl groups is 4. The van der Waals surface area contributed by atoms with Crippen molar-refractivity contribution < 1.29 is 75.3 Å². The second-order valence-corrected chi connectivity index (χ2v) is 35.2. The smallest absolute Gasteiger partial charge is 0.334 e. The number of esters is 1. The molecule has 0 saturated heterocycles. The molecule has 0 bridgehead atoms. The van der Waals surface area contributed by atoms with E-state index in [2.05, 4.69) is 47.5 Å². The normalized spacial score (nSPS) is 12.0. The molecule has 0 unspecified atom stereocenters. The topological polar surface area (TPSA) is 276 Å². The lowest BCUT2D eigenvalue weighted by Gasteiger charge is -2.10. The molecule has 28 heteroatoms. The van der Waals surface area contributed by atoms with E-state index < -0.39 is 0 Å². The lowest BCUT2D eigenvalue weighted by atomic mass is 10.1. The number of fused-ring (bicyclic) bond motifs is 4. The molecule has 0 spiro atoms. The number of phenolic OH excluding ortho intramolecular Hbond substituents is 4. The third-order valence-electron chi connectivity index (χ3n) is 21.0. The van der Waals surface area contributed by atoms with Crippen molar-refractivity contribution in [2.45, 2.75) is 61.3 Å². The first-order chi connectivity index (χ1) is 64.9. The molecule has 1 aliphatic rings. The van der Waals surface area contributed by atoms with Crippen LogP contribution in [0.3, 0.4) is 0 Å². The number of hydrogen-bond acceptors (Lipinski definition) is 23. The summed E-state index contributed by atoms with van der Waals surface area (Å²) in [4.78, 5) is 22.9. The minimum absolute atomic E-state index is 0.0503. The maximum absolute atomic E-state index is 13.7. The summed E-state index contributed by atoms with van der Waals surface area (Å²) in [6, 6.07) is 70.0. The first-order valence-electron chi connectivity index (χ1n) is 42.1. The molecule has 20 rings (SSSR count). The fraction of sp³-hybridized carbons (Fsp3) is 0.0943. The summed E-state index contributed by atoms with van der Waals surface area (Å²) >= 11 is 5.99. The van der Waals surface area contributed by atoms with Gasteiger partial charge in [-0.2, -0.15) is 5.10 Å². The van der Waals surface area contributed by atoms with Crippen molar-refractivity contribution in [3.05, 3.63) is 352 Å². The number of ether oxygens (including phenoxy) is 5. The summed E-state index contributed by atoms with van der Waals surface area (Å²) in [7, 11) is 0. The fourth-order valence-corrected chi connectivity index (χ4v) is 19.5. The van der Waals surface area contributed by atoms with Crippen LogP contribution in [0.15, 0.2) is 263 Å². The number of aromatic nitrogens is 7. The molecule has 0 fully saturated rings. The third kappa shape index (κ3) is 21.6. The lowest BCUT2D eigenvalue weighted by Crippen LogP contribution is -2.01. The van der Waals surface area contributed by atoms with Crippen LogP contribution in [0, 0.1) is 64.8 Å². The molecule has 0 amide bonds. The molecule has 1 aliphatic heterocycles. The minimum Gasteiger partial charge on any atom is -0.508 e. The number of benzene rings is 12. The van der Waals surface area contributed by atoms with Crippen LogP contribution in [0.4, 0.5) is 17.6 Å². The van der Waals surface area contributed by atoms with Gasteiger partial charge in [-0.15, -0.1) is 65.7 Å². The van der Waals surface area contributed by atoms with Gasteiger partial charge >= 0.3 is 5.97 Å². The van der Waals surface area contributed by atoms with E-state index in [4.69, 9.17) is 32.5 Å². The lowest BCUT2D eigenvalue weighted by molar-refractivity contribution is -0.132. The Morgan fingerprint density at radius 1 is 0.381 bits per heavy atom. The van der Waals surface area contributed by atoms with Crippen LogP contribution >= 0.6 is 45.3 Å². The highest BCUT2D eigenvalue weighted by Crippen LogP contribution is 2.53. The Morgan fingerprint density at radius 2 is 0.709 bits per heavy atom. The Balaban J connectivity index is 0.000000124. The highest BCUT2D eigenvalue weighted by Gasteiger charge is 2.25. The van der Waals surface area contributed by atoms with Gasteiger partial charge in [0.05, 0.1) is 19.5 Å². The number of rotatable bonds is 22. The molecule has 12 aromatic carbocycles. The van der Waals surface area contributed by atoms with Crippen LogP contribution < -0.4 is 18.9 Å².